The zero-order valence-electron chi connectivity index (χ0n) is 20.8. The normalized spacial score (nSPS) is 12.7. The maximum atomic E-state index is 15.0. The molecule has 4 N–H and O–H groups in total. The summed E-state index contributed by atoms with van der Waals surface area (Å²) in [5.74, 6) is -4.78. The summed E-state index contributed by atoms with van der Waals surface area (Å²) in [6.45, 7) is 0. The Morgan fingerprint density at radius 2 is 1.02 bits per heavy atom. The maximum Gasteiger partial charge on any atom is 0.420 e. The van der Waals surface area contributed by atoms with Crippen molar-refractivity contribution in [1.29, 1.82) is 0 Å². The molecule has 0 radical (unpaired) electrons. The predicted octanol–water partition coefficient (Wildman–Crippen LogP) is 9.00. The molecule has 0 unspecified atom stereocenters. The Kier molecular flexibility index (Phi) is 7.70. The van der Waals surface area contributed by atoms with E-state index in [0.717, 1.165) is 48.5 Å². The summed E-state index contributed by atoms with van der Waals surface area (Å²) in [5.41, 5.74) is 0.520. The number of benzene rings is 4. The van der Waals surface area contributed by atoms with E-state index in [4.69, 9.17) is 20.9 Å². The molecule has 4 rings (SSSR count). The summed E-state index contributed by atoms with van der Waals surface area (Å²) >= 11 is 0. The molecule has 0 aliphatic carbocycles. The number of hydrogen-bond acceptors (Lipinski definition) is 4. The van der Waals surface area contributed by atoms with Crippen LogP contribution in [-0.4, -0.2) is 12.4 Å². The van der Waals surface area contributed by atoms with Gasteiger partial charge >= 0.3 is 18.5 Å². The Labute approximate surface area is 231 Å². The lowest BCUT2D eigenvalue weighted by Crippen LogP contribution is -2.55. The molecule has 4 nitrogen and oxygen atoms in total. The van der Waals surface area contributed by atoms with Crippen molar-refractivity contribution in [3.8, 4) is 23.0 Å². The number of nitrogens with two attached hydrogens (primary N) is 2. The van der Waals surface area contributed by atoms with Crippen molar-refractivity contribution in [3.05, 3.63) is 107 Å². The molecule has 14 heteroatoms. The van der Waals surface area contributed by atoms with Gasteiger partial charge in [-0.25, -0.2) is 4.39 Å². The van der Waals surface area contributed by atoms with Crippen molar-refractivity contribution in [2.24, 2.45) is 0 Å². The van der Waals surface area contributed by atoms with E-state index in [0.29, 0.717) is 36.4 Å². The van der Waals surface area contributed by atoms with E-state index in [9.17, 15) is 17.6 Å². The molecule has 0 aliphatic heterocycles. The van der Waals surface area contributed by atoms with Gasteiger partial charge in [-0.1, -0.05) is 36.4 Å². The van der Waals surface area contributed by atoms with Gasteiger partial charge in [0.15, 0.2) is 0 Å². The highest BCUT2D eigenvalue weighted by Crippen LogP contribution is 2.60. The number of para-hydroxylation sites is 2. The first-order valence-corrected chi connectivity index (χ1v) is 11.7. The lowest BCUT2D eigenvalue weighted by Gasteiger charge is -2.39. The standard InChI is InChI=1S/C28H18F10N2O2/c29-20-14-16(10-11-21(20)40)41-22-7-3-1-5-17(22)25(27(33,34)35,28(36,37)38)18-6-2-4-8-23(18)42-24-12-9-15(39)13-19(24)26(30,31)32/h1-14H,39-40H2. The van der Waals surface area contributed by atoms with Crippen LogP contribution in [0.5, 0.6) is 23.0 Å². The first kappa shape index (κ1) is 30.3. The summed E-state index contributed by atoms with van der Waals surface area (Å²) in [7, 11) is 0. The molecule has 0 saturated carbocycles. The van der Waals surface area contributed by atoms with Crippen LogP contribution in [0.1, 0.15) is 16.7 Å². The van der Waals surface area contributed by atoms with E-state index < -0.39 is 69.4 Å². The Morgan fingerprint density at radius 3 is 1.52 bits per heavy atom. The van der Waals surface area contributed by atoms with Gasteiger partial charge in [-0.05, 0) is 42.5 Å². The zero-order chi connectivity index (χ0) is 31.1. The van der Waals surface area contributed by atoms with Crippen molar-refractivity contribution >= 4 is 11.4 Å². The Morgan fingerprint density at radius 1 is 0.524 bits per heavy atom. The van der Waals surface area contributed by atoms with Gasteiger partial charge in [-0.2, -0.15) is 39.5 Å². The monoisotopic (exact) mass is 604 g/mol. The van der Waals surface area contributed by atoms with Crippen LogP contribution >= 0.6 is 0 Å². The summed E-state index contributed by atoms with van der Waals surface area (Å²) in [4.78, 5) is 0. The van der Waals surface area contributed by atoms with Crippen molar-refractivity contribution in [1.82, 2.24) is 0 Å². The first-order chi connectivity index (χ1) is 19.5. The van der Waals surface area contributed by atoms with Crippen LogP contribution in [0.4, 0.5) is 55.3 Å². The average molecular weight is 604 g/mol. The minimum Gasteiger partial charge on any atom is -0.457 e. The quantitative estimate of drug-likeness (QED) is 0.170. The second-order valence-electron chi connectivity index (χ2n) is 8.88. The highest BCUT2D eigenvalue weighted by molar-refractivity contribution is 5.58. The third-order valence-electron chi connectivity index (χ3n) is 6.16. The molecule has 0 amide bonds. The molecule has 0 saturated heterocycles. The largest absolute Gasteiger partial charge is 0.457 e. The van der Waals surface area contributed by atoms with Crippen molar-refractivity contribution < 1.29 is 53.4 Å². The number of anilines is 2. The number of alkyl halides is 9. The molecule has 222 valence electrons. The highest BCUT2D eigenvalue weighted by Gasteiger charge is 2.74. The van der Waals surface area contributed by atoms with Crippen LogP contribution in [0, 0.1) is 5.82 Å². The topological polar surface area (TPSA) is 70.5 Å². The number of halogens is 10. The molecule has 0 aliphatic rings. The zero-order valence-corrected chi connectivity index (χ0v) is 20.8. The van der Waals surface area contributed by atoms with E-state index in [2.05, 4.69) is 0 Å². The Bertz CT molecular complexity index is 1580. The molecule has 0 aromatic heterocycles. The van der Waals surface area contributed by atoms with E-state index in [-0.39, 0.29) is 11.4 Å². The third-order valence-corrected chi connectivity index (χ3v) is 6.16. The minimum absolute atomic E-state index is 0.359. The number of nitrogen functional groups attached to an aromatic ring is 2. The van der Waals surface area contributed by atoms with Crippen LogP contribution < -0.4 is 20.9 Å². The predicted molar refractivity (Wildman–Crippen MR) is 133 cm³/mol. The number of ether oxygens (including phenoxy) is 2. The summed E-state index contributed by atoms with van der Waals surface area (Å²) < 4.78 is 156. The third kappa shape index (κ3) is 5.48. The van der Waals surface area contributed by atoms with E-state index >= 15 is 26.3 Å². The van der Waals surface area contributed by atoms with Gasteiger partial charge in [0.2, 0.25) is 5.41 Å². The van der Waals surface area contributed by atoms with Crippen LogP contribution in [0.15, 0.2) is 84.9 Å². The summed E-state index contributed by atoms with van der Waals surface area (Å²) in [6, 6.07) is 10.9. The Hall–Kier alpha value is -4.62. The fourth-order valence-electron chi connectivity index (χ4n) is 4.32. The molecule has 0 fully saturated rings. The van der Waals surface area contributed by atoms with Gasteiger partial charge in [0.25, 0.3) is 0 Å². The van der Waals surface area contributed by atoms with Crippen LogP contribution in [-0.2, 0) is 11.6 Å². The van der Waals surface area contributed by atoms with Gasteiger partial charge in [0, 0.05) is 22.9 Å². The fraction of sp³-hybridized carbons (Fsp3) is 0.143. The summed E-state index contributed by atoms with van der Waals surface area (Å²) in [5, 5.41) is 0. The molecule has 0 atom stereocenters. The summed E-state index contributed by atoms with van der Waals surface area (Å²) in [6.07, 6.45) is -17.5. The van der Waals surface area contributed by atoms with Gasteiger partial charge in [-0.3, -0.25) is 0 Å². The van der Waals surface area contributed by atoms with Crippen molar-refractivity contribution in [2.75, 3.05) is 11.5 Å². The molecular formula is C28H18F10N2O2. The molecule has 0 spiro atoms. The van der Waals surface area contributed by atoms with Crippen molar-refractivity contribution in [3.63, 3.8) is 0 Å². The van der Waals surface area contributed by atoms with Gasteiger partial charge in [0.1, 0.15) is 34.4 Å². The molecule has 0 heterocycles. The molecule has 42 heavy (non-hydrogen) atoms. The minimum atomic E-state index is -6.18. The lowest BCUT2D eigenvalue weighted by atomic mass is 9.72. The van der Waals surface area contributed by atoms with Gasteiger partial charge in [0.05, 0.1) is 5.69 Å². The number of hydrogen-bond donors (Lipinski definition) is 2. The van der Waals surface area contributed by atoms with E-state index in [1.807, 2.05) is 0 Å². The molecular weight excluding hydrogens is 586 g/mol. The molecule has 0 bridgehead atoms. The van der Waals surface area contributed by atoms with E-state index in [1.54, 1.807) is 0 Å². The van der Waals surface area contributed by atoms with Gasteiger partial charge in [-0.15, -0.1) is 0 Å². The maximum absolute atomic E-state index is 15.0. The average Bonchev–Trinajstić information content (AvgIpc) is 2.87. The van der Waals surface area contributed by atoms with E-state index in [1.165, 1.54) is 0 Å². The fourth-order valence-corrected chi connectivity index (χ4v) is 4.32. The molecule has 4 aromatic rings. The first-order valence-electron chi connectivity index (χ1n) is 11.7. The lowest BCUT2D eigenvalue weighted by molar-refractivity contribution is -0.289. The van der Waals surface area contributed by atoms with Crippen LogP contribution in [0.3, 0.4) is 0 Å². The van der Waals surface area contributed by atoms with Crippen molar-refractivity contribution in [2.45, 2.75) is 23.9 Å². The SMILES string of the molecule is Nc1ccc(Oc2ccccc2C(c2ccccc2Oc2ccc(N)c(F)c2)(C(F)(F)F)C(F)(F)F)c(C(F)(F)F)c1. The Balaban J connectivity index is 2.01. The highest BCUT2D eigenvalue weighted by atomic mass is 19.4. The second-order valence-corrected chi connectivity index (χ2v) is 8.88. The molecule has 4 aromatic carbocycles. The van der Waals surface area contributed by atoms with Crippen LogP contribution in [0.25, 0.3) is 0 Å². The van der Waals surface area contributed by atoms with Crippen LogP contribution in [0.2, 0.25) is 0 Å². The number of rotatable bonds is 6. The van der Waals surface area contributed by atoms with Gasteiger partial charge < -0.3 is 20.9 Å². The second kappa shape index (κ2) is 10.7. The smallest absolute Gasteiger partial charge is 0.420 e.